The van der Waals surface area contributed by atoms with Crippen LogP contribution in [0.1, 0.15) is 41.5 Å². The number of rotatable bonds is 2. The molecule has 1 atom stereocenters. The van der Waals surface area contributed by atoms with Gasteiger partial charge in [0.05, 0.1) is 0 Å². The Labute approximate surface area is 80.6 Å². The highest BCUT2D eigenvalue weighted by Crippen LogP contribution is 2.18. The summed E-state index contributed by atoms with van der Waals surface area (Å²) in [5.41, 5.74) is 4.47. The molecule has 78 valence electrons. The number of hydrogen-bond donors (Lipinski definition) is 1. The van der Waals surface area contributed by atoms with Crippen molar-refractivity contribution in [1.82, 2.24) is 0 Å². The van der Waals surface area contributed by atoms with Gasteiger partial charge >= 0.3 is 5.97 Å². The van der Waals surface area contributed by atoms with Crippen LogP contribution < -0.4 is 5.73 Å². The lowest BCUT2D eigenvalue weighted by atomic mass is 9.89. The first kappa shape index (κ1) is 12.4. The smallest absolute Gasteiger partial charge is 0.326 e. The fourth-order valence-electron chi connectivity index (χ4n) is 0.624. The number of ether oxygens (including phenoxy) is 1. The van der Waals surface area contributed by atoms with E-state index in [1.165, 1.54) is 0 Å². The Morgan fingerprint density at radius 1 is 1.23 bits per heavy atom. The lowest BCUT2D eigenvalue weighted by Crippen LogP contribution is -2.52. The molecule has 0 radical (unpaired) electrons. The Bertz CT molecular complexity index is 190. The summed E-state index contributed by atoms with van der Waals surface area (Å²) < 4.78 is 5.20. The summed E-state index contributed by atoms with van der Waals surface area (Å²) in [6.07, 6.45) is 0. The molecular weight excluding hydrogens is 166 g/mol. The molecule has 0 heterocycles. The van der Waals surface area contributed by atoms with Crippen LogP contribution >= 0.6 is 0 Å². The van der Waals surface area contributed by atoms with Gasteiger partial charge in [-0.2, -0.15) is 0 Å². The van der Waals surface area contributed by atoms with Gasteiger partial charge in [0.15, 0.2) is 0 Å². The van der Waals surface area contributed by atoms with Crippen molar-refractivity contribution in [2.45, 2.75) is 52.7 Å². The van der Waals surface area contributed by atoms with E-state index in [1.54, 1.807) is 6.92 Å². The third kappa shape index (κ3) is 3.77. The summed E-state index contributed by atoms with van der Waals surface area (Å²) in [5, 5.41) is 0. The first-order chi connectivity index (χ1) is 5.57. The predicted octanol–water partition coefficient (Wildman–Crippen LogP) is 1.70. The zero-order valence-corrected chi connectivity index (χ0v) is 9.47. The molecule has 0 saturated carbocycles. The van der Waals surface area contributed by atoms with E-state index < -0.39 is 11.1 Å². The van der Waals surface area contributed by atoms with Crippen molar-refractivity contribution in [3.63, 3.8) is 0 Å². The van der Waals surface area contributed by atoms with E-state index in [-0.39, 0.29) is 11.9 Å². The Morgan fingerprint density at radius 2 is 1.62 bits per heavy atom. The van der Waals surface area contributed by atoms with Crippen LogP contribution in [0.4, 0.5) is 0 Å². The van der Waals surface area contributed by atoms with Crippen LogP contribution in [-0.4, -0.2) is 17.1 Å². The first-order valence-electron chi connectivity index (χ1n) is 4.59. The number of nitrogens with two attached hydrogens (primary N) is 1. The maximum absolute atomic E-state index is 11.6. The van der Waals surface area contributed by atoms with Gasteiger partial charge in [0.2, 0.25) is 0 Å². The van der Waals surface area contributed by atoms with Crippen molar-refractivity contribution in [3.8, 4) is 0 Å². The van der Waals surface area contributed by atoms with E-state index in [1.807, 2.05) is 34.6 Å². The molecule has 13 heavy (non-hydrogen) atoms. The molecule has 0 aliphatic heterocycles. The largest absolute Gasteiger partial charge is 0.459 e. The van der Waals surface area contributed by atoms with Gasteiger partial charge in [0.1, 0.15) is 11.1 Å². The lowest BCUT2D eigenvalue weighted by molar-refractivity contribution is -0.162. The van der Waals surface area contributed by atoms with Gasteiger partial charge in [0.25, 0.3) is 0 Å². The van der Waals surface area contributed by atoms with E-state index in [9.17, 15) is 4.79 Å². The highest BCUT2D eigenvalue weighted by Gasteiger charge is 2.35. The minimum absolute atomic E-state index is 0.0716. The number of hydrogen-bond acceptors (Lipinski definition) is 3. The van der Waals surface area contributed by atoms with Crippen LogP contribution in [0.15, 0.2) is 0 Å². The zero-order chi connectivity index (χ0) is 10.9. The SMILES string of the molecule is CC(C)C(C)(N)C(=O)OC(C)(C)C. The summed E-state index contributed by atoms with van der Waals surface area (Å²) in [4.78, 5) is 11.6. The zero-order valence-electron chi connectivity index (χ0n) is 9.47. The second-order valence-corrected chi connectivity index (χ2v) is 4.94. The Morgan fingerprint density at radius 3 is 1.85 bits per heavy atom. The molecule has 0 fully saturated rings. The Balaban J connectivity index is 4.44. The minimum atomic E-state index is -0.896. The normalized spacial score (nSPS) is 16.9. The first-order valence-corrected chi connectivity index (χ1v) is 4.59. The van der Waals surface area contributed by atoms with Crippen LogP contribution in [0.3, 0.4) is 0 Å². The minimum Gasteiger partial charge on any atom is -0.459 e. The summed E-state index contributed by atoms with van der Waals surface area (Å²) in [6, 6.07) is 0. The predicted molar refractivity (Wildman–Crippen MR) is 53.3 cm³/mol. The van der Waals surface area contributed by atoms with E-state index in [0.29, 0.717) is 0 Å². The molecule has 0 aliphatic carbocycles. The van der Waals surface area contributed by atoms with Crippen LogP contribution in [0, 0.1) is 5.92 Å². The molecule has 0 aromatic heterocycles. The molecule has 0 saturated heterocycles. The maximum Gasteiger partial charge on any atom is 0.326 e. The molecule has 2 N–H and O–H groups in total. The van der Waals surface area contributed by atoms with Gasteiger partial charge in [-0.15, -0.1) is 0 Å². The van der Waals surface area contributed by atoms with Gasteiger partial charge in [0, 0.05) is 0 Å². The number of esters is 1. The molecule has 3 heteroatoms. The molecule has 1 unspecified atom stereocenters. The van der Waals surface area contributed by atoms with Crippen LogP contribution in [-0.2, 0) is 9.53 Å². The molecule has 0 aliphatic rings. The third-order valence-corrected chi connectivity index (χ3v) is 2.04. The summed E-state index contributed by atoms with van der Waals surface area (Å²) in [7, 11) is 0. The fourth-order valence-corrected chi connectivity index (χ4v) is 0.624. The highest BCUT2D eigenvalue weighted by atomic mass is 16.6. The van der Waals surface area contributed by atoms with Gasteiger partial charge in [-0.1, -0.05) is 13.8 Å². The monoisotopic (exact) mass is 187 g/mol. The van der Waals surface area contributed by atoms with Crippen molar-refractivity contribution in [2.24, 2.45) is 11.7 Å². The van der Waals surface area contributed by atoms with Crippen LogP contribution in [0.2, 0.25) is 0 Å². The van der Waals surface area contributed by atoms with Gasteiger partial charge < -0.3 is 10.5 Å². The quantitative estimate of drug-likeness (QED) is 0.669. The van der Waals surface area contributed by atoms with Crippen LogP contribution in [0.25, 0.3) is 0 Å². The van der Waals surface area contributed by atoms with Gasteiger partial charge in [-0.25, -0.2) is 0 Å². The lowest BCUT2D eigenvalue weighted by Gasteiger charge is -2.30. The number of carbonyl (C=O) groups is 1. The maximum atomic E-state index is 11.6. The van der Waals surface area contributed by atoms with E-state index in [2.05, 4.69) is 0 Å². The molecule has 0 aromatic rings. The van der Waals surface area contributed by atoms with Crippen molar-refractivity contribution in [3.05, 3.63) is 0 Å². The topological polar surface area (TPSA) is 52.3 Å². The van der Waals surface area contributed by atoms with Crippen LogP contribution in [0.5, 0.6) is 0 Å². The fraction of sp³-hybridized carbons (Fsp3) is 0.900. The summed E-state index contributed by atoms with van der Waals surface area (Å²) in [5.74, 6) is -0.266. The third-order valence-electron chi connectivity index (χ3n) is 2.04. The van der Waals surface area contributed by atoms with E-state index in [4.69, 9.17) is 10.5 Å². The molecular formula is C10H21NO2. The molecule has 0 spiro atoms. The molecule has 0 aromatic carbocycles. The average molecular weight is 187 g/mol. The molecule has 0 bridgehead atoms. The average Bonchev–Trinajstić information content (AvgIpc) is 1.82. The van der Waals surface area contributed by atoms with Crippen molar-refractivity contribution < 1.29 is 9.53 Å². The van der Waals surface area contributed by atoms with Crippen molar-refractivity contribution in [1.29, 1.82) is 0 Å². The number of carbonyl (C=O) groups excluding carboxylic acids is 1. The second kappa shape index (κ2) is 3.66. The summed E-state index contributed by atoms with van der Waals surface area (Å²) >= 11 is 0. The van der Waals surface area contributed by atoms with E-state index >= 15 is 0 Å². The van der Waals surface area contributed by atoms with Gasteiger partial charge in [-0.3, -0.25) is 4.79 Å². The van der Waals surface area contributed by atoms with Gasteiger partial charge in [-0.05, 0) is 33.6 Å². The van der Waals surface area contributed by atoms with Crippen molar-refractivity contribution >= 4 is 5.97 Å². The van der Waals surface area contributed by atoms with E-state index in [0.717, 1.165) is 0 Å². The molecule has 0 rings (SSSR count). The Hall–Kier alpha value is -0.570. The second-order valence-electron chi connectivity index (χ2n) is 4.94. The highest BCUT2D eigenvalue weighted by molar-refractivity contribution is 5.80. The standard InChI is InChI=1S/C10H21NO2/c1-7(2)10(6,11)8(12)13-9(3,4)5/h7H,11H2,1-6H3. The van der Waals surface area contributed by atoms with Crippen molar-refractivity contribution in [2.75, 3.05) is 0 Å². The Kier molecular flexibility index (Phi) is 3.50. The summed E-state index contributed by atoms with van der Waals surface area (Å²) in [6.45, 7) is 11.0. The molecule has 3 nitrogen and oxygen atoms in total. The molecule has 0 amide bonds.